The Labute approximate surface area is 135 Å². The lowest BCUT2D eigenvalue weighted by Gasteiger charge is -2.04. The van der Waals surface area contributed by atoms with Crippen LogP contribution in [0.5, 0.6) is 5.75 Å². The zero-order chi connectivity index (χ0) is 15.6. The first-order valence-corrected chi connectivity index (χ1v) is 7.58. The molecule has 0 bridgehead atoms. The molecule has 0 fully saturated rings. The van der Waals surface area contributed by atoms with Crippen molar-refractivity contribution in [3.05, 3.63) is 78.9 Å². The zero-order valence-electron chi connectivity index (χ0n) is 12.8. The Morgan fingerprint density at radius 3 is 2.04 bits per heavy atom. The summed E-state index contributed by atoms with van der Waals surface area (Å²) in [5, 5.41) is 1.06. The molecule has 23 heavy (non-hydrogen) atoms. The van der Waals surface area contributed by atoms with E-state index in [-0.39, 0.29) is 0 Å². The Morgan fingerprint density at radius 1 is 0.739 bits per heavy atom. The van der Waals surface area contributed by atoms with Gasteiger partial charge < -0.3 is 9.15 Å². The van der Waals surface area contributed by atoms with Gasteiger partial charge in [0.25, 0.3) is 0 Å². The van der Waals surface area contributed by atoms with Gasteiger partial charge in [0.15, 0.2) is 0 Å². The highest BCUT2D eigenvalue weighted by Gasteiger charge is 2.17. The van der Waals surface area contributed by atoms with Crippen LogP contribution in [-0.2, 0) is 0 Å². The minimum absolute atomic E-state index is 0.829. The Hall–Kier alpha value is -3.00. The smallest absolute Gasteiger partial charge is 0.143 e. The van der Waals surface area contributed by atoms with Crippen molar-refractivity contribution in [2.45, 2.75) is 0 Å². The van der Waals surface area contributed by atoms with E-state index in [1.807, 2.05) is 54.6 Å². The SMILES string of the molecule is COc1ccc2oc(-c3ccccc3)c(-c3ccccc3)c2c1. The van der Waals surface area contributed by atoms with Gasteiger partial charge in [-0.2, -0.15) is 0 Å². The summed E-state index contributed by atoms with van der Waals surface area (Å²) in [6, 6.07) is 26.5. The first-order valence-electron chi connectivity index (χ1n) is 7.58. The van der Waals surface area contributed by atoms with Crippen LogP contribution in [0.25, 0.3) is 33.4 Å². The lowest BCUT2D eigenvalue weighted by atomic mass is 9.98. The van der Waals surface area contributed by atoms with Gasteiger partial charge in [-0.15, -0.1) is 0 Å². The lowest BCUT2D eigenvalue weighted by molar-refractivity contribution is 0.415. The van der Waals surface area contributed by atoms with E-state index in [0.29, 0.717) is 0 Å². The van der Waals surface area contributed by atoms with E-state index in [9.17, 15) is 0 Å². The van der Waals surface area contributed by atoms with E-state index in [4.69, 9.17) is 9.15 Å². The molecule has 1 heterocycles. The minimum Gasteiger partial charge on any atom is -0.497 e. The predicted molar refractivity (Wildman–Crippen MR) is 93.6 cm³/mol. The first-order chi connectivity index (χ1) is 11.4. The van der Waals surface area contributed by atoms with Crippen molar-refractivity contribution in [3.63, 3.8) is 0 Å². The summed E-state index contributed by atoms with van der Waals surface area (Å²) in [5.41, 5.74) is 4.18. The number of hydrogen-bond acceptors (Lipinski definition) is 2. The molecule has 0 saturated heterocycles. The molecule has 4 aromatic rings. The summed E-state index contributed by atoms with van der Waals surface area (Å²) in [5.74, 6) is 1.72. The normalized spacial score (nSPS) is 10.8. The Bertz CT molecular complexity index is 938. The second-order valence-electron chi connectivity index (χ2n) is 5.40. The number of fused-ring (bicyclic) bond motifs is 1. The summed E-state index contributed by atoms with van der Waals surface area (Å²) in [6.45, 7) is 0. The Morgan fingerprint density at radius 2 is 1.39 bits per heavy atom. The van der Waals surface area contributed by atoms with Crippen molar-refractivity contribution in [3.8, 4) is 28.2 Å². The van der Waals surface area contributed by atoms with Gasteiger partial charge in [0, 0.05) is 16.5 Å². The van der Waals surface area contributed by atoms with E-state index < -0.39 is 0 Å². The molecule has 0 aliphatic heterocycles. The standard InChI is InChI=1S/C21H16O2/c1-22-17-12-13-19-18(14-17)20(15-8-4-2-5-9-15)21(23-19)16-10-6-3-7-11-16/h2-14H,1H3. The fourth-order valence-corrected chi connectivity index (χ4v) is 2.89. The van der Waals surface area contributed by atoms with Crippen molar-refractivity contribution in [1.29, 1.82) is 0 Å². The Balaban J connectivity index is 2.06. The summed E-state index contributed by atoms with van der Waals surface area (Å²) >= 11 is 0. The van der Waals surface area contributed by atoms with Gasteiger partial charge >= 0.3 is 0 Å². The van der Waals surface area contributed by atoms with Crippen LogP contribution >= 0.6 is 0 Å². The van der Waals surface area contributed by atoms with Crippen LogP contribution in [0.2, 0.25) is 0 Å². The van der Waals surface area contributed by atoms with E-state index in [1.54, 1.807) is 7.11 Å². The largest absolute Gasteiger partial charge is 0.497 e. The van der Waals surface area contributed by atoms with Crippen LogP contribution in [0.1, 0.15) is 0 Å². The summed E-state index contributed by atoms with van der Waals surface area (Å²) in [6.07, 6.45) is 0. The van der Waals surface area contributed by atoms with Crippen molar-refractivity contribution < 1.29 is 9.15 Å². The fraction of sp³-hybridized carbons (Fsp3) is 0.0476. The number of methoxy groups -OCH3 is 1. The molecule has 0 amide bonds. The molecular weight excluding hydrogens is 284 g/mol. The van der Waals surface area contributed by atoms with Crippen molar-refractivity contribution in [1.82, 2.24) is 0 Å². The lowest BCUT2D eigenvalue weighted by Crippen LogP contribution is -1.83. The third-order valence-corrected chi connectivity index (χ3v) is 3.99. The van der Waals surface area contributed by atoms with Crippen LogP contribution in [0, 0.1) is 0 Å². The summed E-state index contributed by atoms with van der Waals surface area (Å²) in [4.78, 5) is 0. The van der Waals surface area contributed by atoms with Crippen LogP contribution < -0.4 is 4.74 Å². The van der Waals surface area contributed by atoms with Gasteiger partial charge in [-0.05, 0) is 23.8 Å². The van der Waals surface area contributed by atoms with Gasteiger partial charge in [0.2, 0.25) is 0 Å². The number of hydrogen-bond donors (Lipinski definition) is 0. The second kappa shape index (κ2) is 5.65. The monoisotopic (exact) mass is 300 g/mol. The molecule has 3 aromatic carbocycles. The quantitative estimate of drug-likeness (QED) is 0.479. The molecule has 0 aliphatic carbocycles. The highest BCUT2D eigenvalue weighted by Crippen LogP contribution is 2.41. The highest BCUT2D eigenvalue weighted by atomic mass is 16.5. The topological polar surface area (TPSA) is 22.4 Å². The average Bonchev–Trinajstić information content (AvgIpc) is 3.01. The minimum atomic E-state index is 0.829. The van der Waals surface area contributed by atoms with Gasteiger partial charge in [-0.25, -0.2) is 0 Å². The highest BCUT2D eigenvalue weighted by molar-refractivity contribution is 6.02. The van der Waals surface area contributed by atoms with E-state index in [1.165, 1.54) is 0 Å². The fourth-order valence-electron chi connectivity index (χ4n) is 2.89. The maximum absolute atomic E-state index is 6.18. The van der Waals surface area contributed by atoms with E-state index in [2.05, 4.69) is 24.3 Å². The molecule has 112 valence electrons. The molecule has 0 aliphatic rings. The molecule has 0 unspecified atom stereocenters. The van der Waals surface area contributed by atoms with Crippen LogP contribution in [0.3, 0.4) is 0 Å². The van der Waals surface area contributed by atoms with E-state index >= 15 is 0 Å². The molecule has 4 rings (SSSR count). The van der Waals surface area contributed by atoms with Crippen LogP contribution in [0.15, 0.2) is 83.3 Å². The molecule has 0 atom stereocenters. The van der Waals surface area contributed by atoms with Crippen molar-refractivity contribution in [2.24, 2.45) is 0 Å². The predicted octanol–water partition coefficient (Wildman–Crippen LogP) is 5.78. The first kappa shape index (κ1) is 13.6. The molecule has 0 N–H and O–H groups in total. The van der Waals surface area contributed by atoms with Crippen LogP contribution in [0.4, 0.5) is 0 Å². The molecule has 2 nitrogen and oxygen atoms in total. The third kappa shape index (κ3) is 2.38. The third-order valence-electron chi connectivity index (χ3n) is 3.99. The van der Waals surface area contributed by atoms with Gasteiger partial charge in [0.05, 0.1) is 7.11 Å². The van der Waals surface area contributed by atoms with Crippen molar-refractivity contribution in [2.75, 3.05) is 7.11 Å². The number of furan rings is 1. The molecular formula is C21H16O2. The van der Waals surface area contributed by atoms with E-state index in [0.717, 1.165) is 39.2 Å². The Kier molecular flexibility index (Phi) is 3.35. The number of rotatable bonds is 3. The summed E-state index contributed by atoms with van der Waals surface area (Å²) in [7, 11) is 1.68. The average molecular weight is 300 g/mol. The molecule has 0 saturated carbocycles. The summed E-state index contributed by atoms with van der Waals surface area (Å²) < 4.78 is 11.6. The number of benzene rings is 3. The number of ether oxygens (including phenoxy) is 1. The molecule has 2 heteroatoms. The maximum Gasteiger partial charge on any atom is 0.143 e. The molecule has 1 aromatic heterocycles. The van der Waals surface area contributed by atoms with Gasteiger partial charge in [-0.1, -0.05) is 60.7 Å². The van der Waals surface area contributed by atoms with Crippen molar-refractivity contribution >= 4 is 11.0 Å². The van der Waals surface area contributed by atoms with Gasteiger partial charge in [0.1, 0.15) is 17.1 Å². The van der Waals surface area contributed by atoms with Gasteiger partial charge in [-0.3, -0.25) is 0 Å². The molecule has 0 spiro atoms. The zero-order valence-corrected chi connectivity index (χ0v) is 12.8. The maximum atomic E-state index is 6.18. The molecule has 0 radical (unpaired) electrons. The second-order valence-corrected chi connectivity index (χ2v) is 5.40. The van der Waals surface area contributed by atoms with Crippen LogP contribution in [-0.4, -0.2) is 7.11 Å².